The van der Waals surface area contributed by atoms with Crippen molar-refractivity contribution < 1.29 is 0 Å². The van der Waals surface area contributed by atoms with Crippen molar-refractivity contribution in [3.05, 3.63) is 24.4 Å². The van der Waals surface area contributed by atoms with Gasteiger partial charge in [0.2, 0.25) is 0 Å². The summed E-state index contributed by atoms with van der Waals surface area (Å²) in [5, 5.41) is 3.38. The van der Waals surface area contributed by atoms with E-state index in [0.29, 0.717) is 6.04 Å². The maximum atomic E-state index is 3.38. The summed E-state index contributed by atoms with van der Waals surface area (Å²) in [5.74, 6) is 0. The normalized spacial score (nSPS) is 17.3. The highest BCUT2D eigenvalue weighted by atomic mass is 15.1. The highest BCUT2D eigenvalue weighted by Crippen LogP contribution is 2.07. The van der Waals surface area contributed by atoms with Crippen molar-refractivity contribution in [2.45, 2.75) is 53.5 Å². The van der Waals surface area contributed by atoms with Crippen LogP contribution in [0, 0.1) is 0 Å². The van der Waals surface area contributed by atoms with E-state index in [1.165, 1.54) is 25.9 Å². The molecule has 102 valence electrons. The molecule has 2 nitrogen and oxygen atoms in total. The smallest absolute Gasteiger partial charge is 0.0280 e. The number of nitrogens with one attached hydrogen (secondary N) is 1. The second-order valence-electron chi connectivity index (χ2n) is 3.91. The quantitative estimate of drug-likeness (QED) is 0.738. The molecule has 0 saturated carbocycles. The van der Waals surface area contributed by atoms with Crippen LogP contribution in [0.15, 0.2) is 24.4 Å². The Balaban J connectivity index is 0. The third kappa shape index (κ3) is 13.2. The van der Waals surface area contributed by atoms with Crippen LogP contribution in [0.3, 0.4) is 0 Å². The molecule has 0 atom stereocenters. The Labute approximate surface area is 109 Å². The van der Waals surface area contributed by atoms with E-state index in [1.54, 1.807) is 0 Å². The minimum absolute atomic E-state index is 0.711. The van der Waals surface area contributed by atoms with Crippen molar-refractivity contribution in [2.24, 2.45) is 0 Å². The highest BCUT2D eigenvalue weighted by Gasteiger charge is 2.14. The Morgan fingerprint density at radius 3 is 1.76 bits per heavy atom. The van der Waals surface area contributed by atoms with Crippen molar-refractivity contribution in [1.29, 1.82) is 0 Å². The number of allylic oxidation sites excluding steroid dienone is 3. The molecule has 0 unspecified atom stereocenters. The van der Waals surface area contributed by atoms with Gasteiger partial charge in [-0.1, -0.05) is 32.1 Å². The zero-order valence-electron chi connectivity index (χ0n) is 12.7. The fourth-order valence-corrected chi connectivity index (χ4v) is 1.41. The van der Waals surface area contributed by atoms with Gasteiger partial charge in [-0.15, -0.1) is 0 Å². The van der Waals surface area contributed by atoms with Crippen LogP contribution in [-0.2, 0) is 0 Å². The first-order chi connectivity index (χ1) is 8.24. The Morgan fingerprint density at radius 2 is 1.41 bits per heavy atom. The second kappa shape index (κ2) is 15.2. The fraction of sp³-hybridized carbons (Fsp3) is 0.733. The Bertz CT molecular complexity index is 173. The van der Waals surface area contributed by atoms with Gasteiger partial charge in [0, 0.05) is 6.04 Å². The van der Waals surface area contributed by atoms with Gasteiger partial charge in [0.15, 0.2) is 0 Å². The van der Waals surface area contributed by atoms with Gasteiger partial charge in [-0.3, -0.25) is 0 Å². The van der Waals surface area contributed by atoms with Crippen molar-refractivity contribution in [3.8, 4) is 0 Å². The van der Waals surface area contributed by atoms with Crippen molar-refractivity contribution >= 4 is 0 Å². The molecule has 1 fully saturated rings. The summed E-state index contributed by atoms with van der Waals surface area (Å²) in [4.78, 5) is 2.38. The maximum Gasteiger partial charge on any atom is 0.0280 e. The van der Waals surface area contributed by atoms with E-state index in [1.807, 2.05) is 46.8 Å². The van der Waals surface area contributed by atoms with Crippen LogP contribution >= 0.6 is 0 Å². The molecule has 17 heavy (non-hydrogen) atoms. The largest absolute Gasteiger partial charge is 0.388 e. The van der Waals surface area contributed by atoms with Crippen LogP contribution in [0.2, 0.25) is 0 Å². The summed E-state index contributed by atoms with van der Waals surface area (Å²) in [5.41, 5.74) is 0. The summed E-state index contributed by atoms with van der Waals surface area (Å²) in [6.45, 7) is 12.5. The molecule has 1 rings (SSSR count). The van der Waals surface area contributed by atoms with Crippen LogP contribution in [0.4, 0.5) is 0 Å². The summed E-state index contributed by atoms with van der Waals surface area (Å²) in [6, 6.07) is 0.711. The molecular formula is C15H32N2. The van der Waals surface area contributed by atoms with Crippen LogP contribution < -0.4 is 5.32 Å². The van der Waals surface area contributed by atoms with Crippen molar-refractivity contribution in [3.63, 3.8) is 0 Å². The number of rotatable bonds is 2. The molecule has 1 heterocycles. The SMILES string of the molecule is C/C=C/C.C/C=C/NC1CCN(C)CC1.CC. The zero-order chi connectivity index (χ0) is 13.5. The Hall–Kier alpha value is -0.760. The van der Waals surface area contributed by atoms with Gasteiger partial charge in [-0.25, -0.2) is 0 Å². The summed E-state index contributed by atoms with van der Waals surface area (Å²) in [6.07, 6.45) is 10.7. The van der Waals surface area contributed by atoms with Gasteiger partial charge in [-0.2, -0.15) is 0 Å². The number of piperidine rings is 1. The van der Waals surface area contributed by atoms with E-state index in [2.05, 4.69) is 29.5 Å². The molecule has 0 aromatic rings. The zero-order valence-corrected chi connectivity index (χ0v) is 12.7. The van der Waals surface area contributed by atoms with Crippen LogP contribution in [0.1, 0.15) is 47.5 Å². The second-order valence-corrected chi connectivity index (χ2v) is 3.91. The molecule has 0 bridgehead atoms. The minimum Gasteiger partial charge on any atom is -0.388 e. The summed E-state index contributed by atoms with van der Waals surface area (Å²) < 4.78 is 0. The number of hydrogen-bond acceptors (Lipinski definition) is 2. The lowest BCUT2D eigenvalue weighted by Crippen LogP contribution is -2.38. The number of likely N-dealkylation sites (tertiary alicyclic amines) is 1. The van der Waals surface area contributed by atoms with Gasteiger partial charge < -0.3 is 10.2 Å². The standard InChI is InChI=1S/C9H18N2.C4H8.C2H6/c1-3-6-10-9-4-7-11(2)8-5-9;1-3-4-2;1-2/h3,6,9-10H,4-5,7-8H2,1-2H3;3-4H,1-2H3;1-2H3/b6-3+;4-3+;. The first-order valence-electron chi connectivity index (χ1n) is 6.87. The monoisotopic (exact) mass is 240 g/mol. The first-order valence-corrected chi connectivity index (χ1v) is 6.87. The van der Waals surface area contributed by atoms with Crippen LogP contribution in [0.25, 0.3) is 0 Å². The van der Waals surface area contributed by atoms with E-state index in [4.69, 9.17) is 0 Å². The molecule has 0 aromatic heterocycles. The lowest BCUT2D eigenvalue weighted by Gasteiger charge is -2.28. The maximum absolute atomic E-state index is 3.38. The van der Waals surface area contributed by atoms with Gasteiger partial charge in [0.1, 0.15) is 0 Å². The van der Waals surface area contributed by atoms with E-state index in [0.717, 1.165) is 0 Å². The molecule has 1 saturated heterocycles. The lowest BCUT2D eigenvalue weighted by molar-refractivity contribution is 0.244. The molecule has 1 aliphatic heterocycles. The summed E-state index contributed by atoms with van der Waals surface area (Å²) in [7, 11) is 2.19. The van der Waals surface area contributed by atoms with Gasteiger partial charge in [-0.05, 0) is 59.9 Å². The molecule has 1 N–H and O–H groups in total. The molecule has 0 spiro atoms. The molecular weight excluding hydrogens is 208 g/mol. The predicted molar refractivity (Wildman–Crippen MR) is 80.3 cm³/mol. The van der Waals surface area contributed by atoms with Gasteiger partial charge in [0.05, 0.1) is 0 Å². The Kier molecular flexibility index (Phi) is 16.7. The van der Waals surface area contributed by atoms with Crippen molar-refractivity contribution in [2.75, 3.05) is 20.1 Å². The fourth-order valence-electron chi connectivity index (χ4n) is 1.41. The molecule has 0 aromatic carbocycles. The molecule has 0 radical (unpaired) electrons. The first kappa shape index (κ1) is 18.6. The molecule has 0 aliphatic carbocycles. The topological polar surface area (TPSA) is 15.3 Å². The molecule has 1 aliphatic rings. The molecule has 2 heteroatoms. The third-order valence-electron chi connectivity index (χ3n) is 2.55. The van der Waals surface area contributed by atoms with Crippen LogP contribution in [-0.4, -0.2) is 31.1 Å². The number of hydrogen-bond donors (Lipinski definition) is 1. The minimum atomic E-state index is 0.711. The highest BCUT2D eigenvalue weighted by molar-refractivity contribution is 4.83. The third-order valence-corrected chi connectivity index (χ3v) is 2.55. The van der Waals surface area contributed by atoms with E-state index < -0.39 is 0 Å². The van der Waals surface area contributed by atoms with E-state index in [-0.39, 0.29) is 0 Å². The summed E-state index contributed by atoms with van der Waals surface area (Å²) >= 11 is 0. The van der Waals surface area contributed by atoms with Crippen molar-refractivity contribution in [1.82, 2.24) is 10.2 Å². The lowest BCUT2D eigenvalue weighted by atomic mass is 10.1. The number of nitrogens with zero attached hydrogens (tertiary/aromatic N) is 1. The van der Waals surface area contributed by atoms with Gasteiger partial charge in [0.25, 0.3) is 0 Å². The Morgan fingerprint density at radius 1 is 0.941 bits per heavy atom. The molecule has 0 amide bonds. The predicted octanol–water partition coefficient (Wildman–Crippen LogP) is 3.81. The van der Waals surface area contributed by atoms with E-state index >= 15 is 0 Å². The van der Waals surface area contributed by atoms with Crippen LogP contribution in [0.5, 0.6) is 0 Å². The van der Waals surface area contributed by atoms with Gasteiger partial charge >= 0.3 is 0 Å². The average Bonchev–Trinajstić information content (AvgIpc) is 2.41. The average molecular weight is 240 g/mol. The van der Waals surface area contributed by atoms with E-state index in [9.17, 15) is 0 Å².